The number of nitriles is 1. The minimum Gasteiger partial charge on any atom is -0.741 e. The third-order valence-corrected chi connectivity index (χ3v) is 6.23. The van der Waals surface area contributed by atoms with Gasteiger partial charge in [0.15, 0.2) is 15.0 Å². The third-order valence-electron chi connectivity index (χ3n) is 3.30. The number of fused-ring (bicyclic) bond motifs is 1. The zero-order valence-corrected chi connectivity index (χ0v) is 15.1. The predicted molar refractivity (Wildman–Crippen MR) is 91.1 cm³/mol. The summed E-state index contributed by atoms with van der Waals surface area (Å²) in [5.74, 6) is 2.35. The van der Waals surface area contributed by atoms with E-state index in [1.54, 1.807) is 0 Å². The molecule has 0 amide bonds. The Morgan fingerprint density at radius 2 is 1.56 bits per heavy atom. The van der Waals surface area contributed by atoms with Gasteiger partial charge in [0.1, 0.15) is 11.5 Å². The molecule has 0 unspecified atom stereocenters. The maximum Gasteiger partial charge on any atom is 0.485 e. The summed E-state index contributed by atoms with van der Waals surface area (Å²) in [5, 5.41) is 11.5. The van der Waals surface area contributed by atoms with Gasteiger partial charge in [0, 0.05) is 21.7 Å². The molecule has 0 aliphatic carbocycles. The molecule has 0 saturated carbocycles. The van der Waals surface area contributed by atoms with E-state index in [1.807, 2.05) is 18.2 Å². The number of halogens is 3. The molecule has 0 fully saturated rings. The van der Waals surface area contributed by atoms with E-state index in [2.05, 4.69) is 38.1 Å². The van der Waals surface area contributed by atoms with Gasteiger partial charge in [-0.3, -0.25) is 0 Å². The fourth-order valence-electron chi connectivity index (χ4n) is 2.14. The van der Waals surface area contributed by atoms with Crippen LogP contribution in [0.5, 0.6) is 0 Å². The van der Waals surface area contributed by atoms with Gasteiger partial charge in [0.05, 0.1) is 11.6 Å². The van der Waals surface area contributed by atoms with Crippen LogP contribution in [0, 0.1) is 11.3 Å². The van der Waals surface area contributed by atoms with Gasteiger partial charge < -0.3 is 4.55 Å². The van der Waals surface area contributed by atoms with Crippen LogP contribution in [0.25, 0.3) is 10.8 Å². The monoisotopic (exact) mass is 391 g/mol. The Morgan fingerprint density at radius 3 is 1.96 bits per heavy atom. The van der Waals surface area contributed by atoms with Gasteiger partial charge in [0.25, 0.3) is 0 Å². The van der Waals surface area contributed by atoms with Crippen molar-refractivity contribution in [2.45, 2.75) is 24.3 Å². The van der Waals surface area contributed by atoms with Crippen LogP contribution in [0.2, 0.25) is 0 Å². The molecule has 0 heterocycles. The number of nitrogens with zero attached hydrogens (tertiary/aromatic N) is 1. The zero-order valence-electron chi connectivity index (χ0n) is 13.5. The van der Waals surface area contributed by atoms with E-state index in [1.165, 1.54) is 21.8 Å². The van der Waals surface area contributed by atoms with Crippen molar-refractivity contribution < 1.29 is 26.1 Å². The number of benzene rings is 2. The Bertz CT molecular complexity index is 870. The lowest BCUT2D eigenvalue weighted by atomic mass is 10.1. The molecule has 0 N–H and O–H groups in total. The van der Waals surface area contributed by atoms with E-state index in [9.17, 15) is 13.2 Å². The summed E-state index contributed by atoms with van der Waals surface area (Å²) in [6, 6.07) is 14.6. The Hall–Kier alpha value is -1.76. The van der Waals surface area contributed by atoms with Crippen molar-refractivity contribution in [2.75, 3.05) is 11.5 Å². The summed E-state index contributed by atoms with van der Waals surface area (Å²) in [5.41, 5.74) is -4.87. The van der Waals surface area contributed by atoms with E-state index in [0.29, 0.717) is 10.9 Å². The van der Waals surface area contributed by atoms with Crippen LogP contribution in [0.4, 0.5) is 13.2 Å². The second-order valence-electron chi connectivity index (χ2n) is 4.74. The summed E-state index contributed by atoms with van der Waals surface area (Å²) in [4.78, 5) is 1.41. The molecule has 0 aliphatic rings. The first-order valence-corrected chi connectivity index (χ1v) is 10.1. The van der Waals surface area contributed by atoms with Crippen molar-refractivity contribution in [2.24, 2.45) is 0 Å². The number of hydrogen-bond donors (Lipinski definition) is 0. The molecule has 2 rings (SSSR count). The fraction of sp³-hybridized carbons (Fsp3) is 0.312. The highest BCUT2D eigenvalue weighted by Gasteiger charge is 2.36. The van der Waals surface area contributed by atoms with Crippen LogP contribution in [0.15, 0.2) is 41.3 Å². The maximum atomic E-state index is 10.7. The highest BCUT2D eigenvalue weighted by molar-refractivity contribution is 7.97. The topological polar surface area (TPSA) is 81.0 Å². The quantitative estimate of drug-likeness (QED) is 0.453. The Labute approximate surface area is 147 Å². The lowest BCUT2D eigenvalue weighted by Crippen LogP contribution is -2.21. The molecular formula is C16H16F3NO3S2. The van der Waals surface area contributed by atoms with Gasteiger partial charge in [-0.05, 0) is 32.0 Å². The van der Waals surface area contributed by atoms with Crippen LogP contribution in [-0.2, 0) is 21.0 Å². The van der Waals surface area contributed by atoms with Gasteiger partial charge in [-0.1, -0.05) is 18.2 Å². The van der Waals surface area contributed by atoms with Gasteiger partial charge in [0.2, 0.25) is 0 Å². The molecule has 0 spiro atoms. The Kier molecular flexibility index (Phi) is 7.29. The molecule has 0 saturated heterocycles. The largest absolute Gasteiger partial charge is 0.741 e. The third kappa shape index (κ3) is 5.36. The second kappa shape index (κ2) is 8.56. The molecule has 136 valence electrons. The van der Waals surface area contributed by atoms with Crippen molar-refractivity contribution in [1.82, 2.24) is 0 Å². The molecule has 0 atom stereocenters. The standard InChI is InChI=1S/C15H16NS.CHF3O3S/c1-3-17(4-2)15-10-9-12(11-16)13-7-5-6-8-14(13)15;2-1(3,4)8(5,6)7/h5-10H,3-4H2,1-2H3;(H,5,6,7)/q+1;/p-1. The number of hydrogen-bond acceptors (Lipinski definition) is 4. The van der Waals surface area contributed by atoms with Crippen molar-refractivity contribution in [3.05, 3.63) is 42.0 Å². The van der Waals surface area contributed by atoms with Crippen LogP contribution < -0.4 is 0 Å². The van der Waals surface area contributed by atoms with Gasteiger partial charge >= 0.3 is 5.51 Å². The Morgan fingerprint density at radius 1 is 1.08 bits per heavy atom. The fourth-order valence-corrected chi connectivity index (χ4v) is 3.92. The SMILES string of the molecule is CC[S+](CC)c1ccc(C#N)c2ccccc12.O=S(=O)([O-])C(F)(F)F. The van der Waals surface area contributed by atoms with Crippen LogP contribution in [0.3, 0.4) is 0 Å². The molecule has 0 aliphatic heterocycles. The summed E-state index contributed by atoms with van der Waals surface area (Å²) >= 11 is 0. The lowest BCUT2D eigenvalue weighted by molar-refractivity contribution is -0.0517. The summed E-state index contributed by atoms with van der Waals surface area (Å²) < 4.78 is 58.9. The first-order valence-electron chi connectivity index (χ1n) is 7.18. The predicted octanol–water partition coefficient (Wildman–Crippen LogP) is 3.78. The number of alkyl halides is 3. The summed E-state index contributed by atoms with van der Waals surface area (Å²) in [6.45, 7) is 4.47. The first-order chi connectivity index (χ1) is 11.6. The van der Waals surface area contributed by atoms with Gasteiger partial charge in [-0.2, -0.15) is 18.4 Å². The van der Waals surface area contributed by atoms with E-state index < -0.39 is 15.6 Å². The van der Waals surface area contributed by atoms with Crippen LogP contribution in [-0.4, -0.2) is 30.0 Å². The molecular weight excluding hydrogens is 375 g/mol. The molecule has 0 radical (unpaired) electrons. The maximum absolute atomic E-state index is 10.7. The normalized spacial score (nSPS) is 11.8. The van der Waals surface area contributed by atoms with Crippen LogP contribution in [0.1, 0.15) is 19.4 Å². The van der Waals surface area contributed by atoms with E-state index in [-0.39, 0.29) is 0 Å². The lowest BCUT2D eigenvalue weighted by Gasteiger charge is -2.08. The van der Waals surface area contributed by atoms with E-state index in [0.717, 1.165) is 10.9 Å². The highest BCUT2D eigenvalue weighted by Crippen LogP contribution is 2.27. The van der Waals surface area contributed by atoms with Crippen molar-refractivity contribution in [1.29, 1.82) is 5.26 Å². The average Bonchev–Trinajstić information content (AvgIpc) is 2.54. The molecule has 0 aromatic heterocycles. The van der Waals surface area contributed by atoms with Gasteiger partial charge in [-0.15, -0.1) is 0 Å². The minimum atomic E-state index is -6.09. The van der Waals surface area contributed by atoms with Crippen molar-refractivity contribution in [3.8, 4) is 6.07 Å². The molecule has 2 aromatic rings. The molecule has 25 heavy (non-hydrogen) atoms. The summed E-state index contributed by atoms with van der Waals surface area (Å²) in [6.07, 6.45) is 0. The van der Waals surface area contributed by atoms with E-state index >= 15 is 0 Å². The summed E-state index contributed by atoms with van der Waals surface area (Å²) in [7, 11) is -5.79. The molecule has 4 nitrogen and oxygen atoms in total. The first kappa shape index (κ1) is 21.3. The smallest absolute Gasteiger partial charge is 0.485 e. The van der Waals surface area contributed by atoms with Crippen molar-refractivity contribution in [3.63, 3.8) is 0 Å². The average molecular weight is 391 g/mol. The van der Waals surface area contributed by atoms with E-state index in [4.69, 9.17) is 18.2 Å². The second-order valence-corrected chi connectivity index (χ2v) is 8.69. The number of rotatable bonds is 3. The Balaban J connectivity index is 0.000000333. The molecule has 2 aromatic carbocycles. The highest BCUT2D eigenvalue weighted by atomic mass is 32.2. The van der Waals surface area contributed by atoms with Gasteiger partial charge in [-0.25, -0.2) is 8.42 Å². The molecule has 0 bridgehead atoms. The van der Waals surface area contributed by atoms with Crippen LogP contribution >= 0.6 is 0 Å². The zero-order chi connectivity index (χ0) is 19.3. The molecule has 9 heteroatoms. The minimum absolute atomic E-state index is 0.304. The van der Waals surface area contributed by atoms with Crippen molar-refractivity contribution >= 4 is 31.8 Å².